The van der Waals surface area contributed by atoms with Gasteiger partial charge in [-0.25, -0.2) is 9.97 Å². The van der Waals surface area contributed by atoms with Gasteiger partial charge in [-0.2, -0.15) is 0 Å². The van der Waals surface area contributed by atoms with Gasteiger partial charge in [0.2, 0.25) is 0 Å². The predicted octanol–water partition coefficient (Wildman–Crippen LogP) is 2.26. The quantitative estimate of drug-likeness (QED) is 0.674. The zero-order valence-corrected chi connectivity index (χ0v) is 10.0. The number of aromatic amines is 1. The number of nitrogens with zero attached hydrogens (tertiary/aromatic N) is 3. The normalized spacial score (nSPS) is 10.9. The van der Waals surface area contributed by atoms with E-state index in [1.165, 1.54) is 0 Å². The van der Waals surface area contributed by atoms with E-state index in [1.54, 1.807) is 6.20 Å². The first-order valence-electron chi connectivity index (χ1n) is 6.05. The Bertz CT molecular complexity index is 611. The first-order chi connectivity index (χ1) is 8.92. The molecule has 0 spiro atoms. The monoisotopic (exact) mass is 241 g/mol. The first-order valence-corrected chi connectivity index (χ1v) is 6.05. The smallest absolute Gasteiger partial charge is 0.139 e. The number of aromatic nitrogens is 4. The lowest BCUT2D eigenvalue weighted by Gasteiger charge is -2.06. The van der Waals surface area contributed by atoms with Crippen LogP contribution in [0.25, 0.3) is 11.0 Å². The van der Waals surface area contributed by atoms with Gasteiger partial charge in [0.1, 0.15) is 11.5 Å². The zero-order chi connectivity index (χ0) is 12.2. The summed E-state index contributed by atoms with van der Waals surface area (Å²) in [4.78, 5) is 11.6. The zero-order valence-electron chi connectivity index (χ0n) is 10.0. The van der Waals surface area contributed by atoms with E-state index in [1.807, 2.05) is 30.9 Å². The first kappa shape index (κ1) is 10.8. The van der Waals surface area contributed by atoms with Gasteiger partial charge >= 0.3 is 0 Å². The molecule has 5 nitrogen and oxygen atoms in total. The fourth-order valence-corrected chi connectivity index (χ4v) is 1.93. The second-order valence-electron chi connectivity index (χ2n) is 4.19. The highest BCUT2D eigenvalue weighted by molar-refractivity contribution is 5.77. The summed E-state index contributed by atoms with van der Waals surface area (Å²) in [6, 6.07) is 6.09. The van der Waals surface area contributed by atoms with E-state index in [0.29, 0.717) is 0 Å². The number of pyridine rings is 1. The van der Waals surface area contributed by atoms with Gasteiger partial charge in [0.05, 0.1) is 6.33 Å². The molecule has 5 heteroatoms. The fourth-order valence-electron chi connectivity index (χ4n) is 1.93. The number of H-pyrrole nitrogens is 1. The Morgan fingerprint density at radius 2 is 2.28 bits per heavy atom. The van der Waals surface area contributed by atoms with Crippen molar-refractivity contribution in [2.75, 3.05) is 11.9 Å². The van der Waals surface area contributed by atoms with Crippen molar-refractivity contribution in [1.82, 2.24) is 19.5 Å². The van der Waals surface area contributed by atoms with Crippen molar-refractivity contribution < 1.29 is 0 Å². The van der Waals surface area contributed by atoms with Crippen molar-refractivity contribution in [3.05, 3.63) is 43.1 Å². The van der Waals surface area contributed by atoms with Crippen LogP contribution in [-0.2, 0) is 6.54 Å². The lowest BCUT2D eigenvalue weighted by molar-refractivity contribution is 0.660. The molecule has 0 radical (unpaired) electrons. The molecule has 0 aliphatic carbocycles. The molecule has 0 fully saturated rings. The van der Waals surface area contributed by atoms with Crippen LogP contribution in [0.3, 0.4) is 0 Å². The summed E-state index contributed by atoms with van der Waals surface area (Å²) in [5.41, 5.74) is 0.926. The Morgan fingerprint density at radius 3 is 3.17 bits per heavy atom. The van der Waals surface area contributed by atoms with Gasteiger partial charge in [0, 0.05) is 37.1 Å². The average molecular weight is 241 g/mol. The number of fused-ring (bicyclic) bond motifs is 1. The number of rotatable bonds is 5. The molecule has 0 aromatic carbocycles. The molecule has 0 atom stereocenters. The SMILES string of the molecule is c1cn(CCCNc2ccc3cc[nH]c3n2)cn1. The highest BCUT2D eigenvalue weighted by atomic mass is 15.0. The van der Waals surface area contributed by atoms with Gasteiger partial charge in [0.25, 0.3) is 0 Å². The summed E-state index contributed by atoms with van der Waals surface area (Å²) in [5, 5.41) is 4.46. The Balaban J connectivity index is 1.53. The van der Waals surface area contributed by atoms with Crippen LogP contribution >= 0.6 is 0 Å². The van der Waals surface area contributed by atoms with Crippen LogP contribution in [0.1, 0.15) is 6.42 Å². The van der Waals surface area contributed by atoms with Crippen molar-refractivity contribution in [3.63, 3.8) is 0 Å². The summed E-state index contributed by atoms with van der Waals surface area (Å²) < 4.78 is 2.07. The molecule has 92 valence electrons. The molecular formula is C13H15N5. The molecule has 18 heavy (non-hydrogen) atoms. The van der Waals surface area contributed by atoms with Crippen LogP contribution in [0.2, 0.25) is 0 Å². The van der Waals surface area contributed by atoms with Gasteiger partial charge in [-0.05, 0) is 24.6 Å². The minimum Gasteiger partial charge on any atom is -0.370 e. The van der Waals surface area contributed by atoms with Crippen molar-refractivity contribution in [2.45, 2.75) is 13.0 Å². The third kappa shape index (κ3) is 2.34. The minimum absolute atomic E-state index is 0.900. The maximum Gasteiger partial charge on any atom is 0.139 e. The van der Waals surface area contributed by atoms with Gasteiger partial charge in [0.15, 0.2) is 0 Å². The summed E-state index contributed by atoms with van der Waals surface area (Å²) in [6.45, 7) is 1.87. The van der Waals surface area contributed by atoms with Gasteiger partial charge < -0.3 is 14.9 Å². The van der Waals surface area contributed by atoms with E-state index in [4.69, 9.17) is 0 Å². The molecule has 3 aromatic heterocycles. The highest BCUT2D eigenvalue weighted by Gasteiger charge is 1.98. The van der Waals surface area contributed by atoms with Crippen molar-refractivity contribution in [3.8, 4) is 0 Å². The topological polar surface area (TPSA) is 58.5 Å². The maximum absolute atomic E-state index is 4.48. The Hall–Kier alpha value is -2.30. The molecule has 0 saturated carbocycles. The molecule has 3 heterocycles. The van der Waals surface area contributed by atoms with Crippen LogP contribution in [0.4, 0.5) is 5.82 Å². The van der Waals surface area contributed by atoms with Crippen molar-refractivity contribution >= 4 is 16.9 Å². The molecule has 3 aromatic rings. The van der Waals surface area contributed by atoms with Gasteiger partial charge in [-0.3, -0.25) is 0 Å². The number of hydrogen-bond acceptors (Lipinski definition) is 3. The molecule has 0 saturated heterocycles. The van der Waals surface area contributed by atoms with E-state index in [-0.39, 0.29) is 0 Å². The average Bonchev–Trinajstić information content (AvgIpc) is 3.05. The van der Waals surface area contributed by atoms with E-state index in [2.05, 4.69) is 30.9 Å². The Kier molecular flexibility index (Phi) is 2.96. The summed E-state index contributed by atoms with van der Waals surface area (Å²) in [6.07, 6.45) is 8.56. The third-order valence-corrected chi connectivity index (χ3v) is 2.87. The standard InChI is InChI=1S/C13H15N5/c1(8-18-9-7-14-10-18)5-15-12-3-2-11-4-6-16-13(11)17-12/h2-4,6-7,9-10H,1,5,8H2,(H2,15,16,17). The second kappa shape index (κ2) is 4.91. The second-order valence-corrected chi connectivity index (χ2v) is 4.19. The van der Waals surface area contributed by atoms with Crippen LogP contribution in [0, 0.1) is 0 Å². The molecule has 3 rings (SSSR count). The molecule has 0 aliphatic heterocycles. The number of anilines is 1. The van der Waals surface area contributed by atoms with Gasteiger partial charge in [-0.15, -0.1) is 0 Å². The maximum atomic E-state index is 4.48. The molecule has 0 unspecified atom stereocenters. The van der Waals surface area contributed by atoms with E-state index >= 15 is 0 Å². The molecule has 0 amide bonds. The number of aryl methyl sites for hydroxylation is 1. The molecular weight excluding hydrogens is 226 g/mol. The van der Waals surface area contributed by atoms with E-state index < -0.39 is 0 Å². The van der Waals surface area contributed by atoms with Crippen LogP contribution in [0.5, 0.6) is 0 Å². The van der Waals surface area contributed by atoms with Gasteiger partial charge in [-0.1, -0.05) is 0 Å². The summed E-state index contributed by atoms with van der Waals surface area (Å²) in [7, 11) is 0. The number of nitrogens with one attached hydrogen (secondary N) is 2. The van der Waals surface area contributed by atoms with Crippen molar-refractivity contribution in [2.24, 2.45) is 0 Å². The van der Waals surface area contributed by atoms with Crippen LogP contribution < -0.4 is 5.32 Å². The van der Waals surface area contributed by atoms with Crippen molar-refractivity contribution in [1.29, 1.82) is 0 Å². The highest BCUT2D eigenvalue weighted by Crippen LogP contribution is 2.12. The largest absolute Gasteiger partial charge is 0.370 e. The van der Waals surface area contributed by atoms with Crippen LogP contribution in [0.15, 0.2) is 43.1 Å². The van der Waals surface area contributed by atoms with E-state index in [0.717, 1.165) is 36.4 Å². The number of imidazole rings is 1. The Morgan fingerprint density at radius 1 is 1.28 bits per heavy atom. The molecule has 2 N–H and O–H groups in total. The lowest BCUT2D eigenvalue weighted by Crippen LogP contribution is -2.06. The molecule has 0 aliphatic rings. The summed E-state index contributed by atoms with van der Waals surface area (Å²) in [5.74, 6) is 0.913. The minimum atomic E-state index is 0.900. The third-order valence-electron chi connectivity index (χ3n) is 2.87. The fraction of sp³-hybridized carbons (Fsp3) is 0.231. The van der Waals surface area contributed by atoms with E-state index in [9.17, 15) is 0 Å². The Labute approximate surface area is 105 Å². The number of hydrogen-bond donors (Lipinski definition) is 2. The summed E-state index contributed by atoms with van der Waals surface area (Å²) >= 11 is 0. The molecule has 0 bridgehead atoms. The van der Waals surface area contributed by atoms with Crippen LogP contribution in [-0.4, -0.2) is 26.1 Å². The lowest BCUT2D eigenvalue weighted by atomic mass is 10.3. The predicted molar refractivity (Wildman–Crippen MR) is 71.4 cm³/mol.